The molecule has 0 radical (unpaired) electrons. The van der Waals surface area contributed by atoms with Crippen LogP contribution in [0.4, 0.5) is 0 Å². The number of hydrogen-bond donors (Lipinski definition) is 0. The Hall–Kier alpha value is -1.40. The average molecular weight is 335 g/mol. The second kappa shape index (κ2) is 6.38. The van der Waals surface area contributed by atoms with E-state index in [4.69, 9.17) is 4.74 Å². The third-order valence-electron chi connectivity index (χ3n) is 3.91. The third-order valence-corrected chi connectivity index (χ3v) is 6.63. The Morgan fingerprint density at radius 2 is 1.77 bits per heavy atom. The number of hydrogen-bond acceptors (Lipinski definition) is 5. The van der Waals surface area contributed by atoms with Crippen molar-refractivity contribution in [2.75, 3.05) is 25.7 Å². The summed E-state index contributed by atoms with van der Waals surface area (Å²) in [5.74, 6) is 2.50. The first-order valence-electron chi connectivity index (χ1n) is 7.06. The van der Waals surface area contributed by atoms with Gasteiger partial charge in [-0.2, -0.15) is 0 Å². The Balaban J connectivity index is 1.89. The maximum Gasteiger partial charge on any atom is 0.259 e. The third kappa shape index (κ3) is 2.77. The highest BCUT2D eigenvalue weighted by Crippen LogP contribution is 2.42. The van der Waals surface area contributed by atoms with Crippen LogP contribution in [0.3, 0.4) is 0 Å². The summed E-state index contributed by atoms with van der Waals surface area (Å²) < 4.78 is 6.05. The van der Waals surface area contributed by atoms with E-state index in [1.54, 1.807) is 42.6 Å². The fourth-order valence-corrected chi connectivity index (χ4v) is 5.24. The Labute approximate surface area is 138 Å². The molecule has 116 valence electrons. The maximum absolute atomic E-state index is 12.6. The van der Waals surface area contributed by atoms with Gasteiger partial charge in [-0.1, -0.05) is 12.1 Å². The predicted molar refractivity (Wildman–Crippen MR) is 90.1 cm³/mol. The highest BCUT2D eigenvalue weighted by Gasteiger charge is 2.38. The van der Waals surface area contributed by atoms with Crippen LogP contribution >= 0.6 is 23.5 Å². The normalized spacial score (nSPS) is 22.5. The Bertz CT molecular complexity index is 631. The maximum atomic E-state index is 12.6. The molecular formula is C16H17NO3S2. The summed E-state index contributed by atoms with van der Waals surface area (Å²) in [5.41, 5.74) is 1.35. The molecule has 0 spiro atoms. The van der Waals surface area contributed by atoms with Gasteiger partial charge in [0.25, 0.3) is 5.91 Å². The smallest absolute Gasteiger partial charge is 0.259 e. The lowest BCUT2D eigenvalue weighted by Crippen LogP contribution is -2.41. The molecule has 0 bridgehead atoms. The fraction of sp³-hybridized carbons (Fsp3) is 0.375. The average Bonchev–Trinajstić information content (AvgIpc) is 3.05. The van der Waals surface area contributed by atoms with Gasteiger partial charge in [0.1, 0.15) is 11.3 Å². The monoisotopic (exact) mass is 335 g/mol. The predicted octanol–water partition coefficient (Wildman–Crippen LogP) is 2.86. The molecule has 4 nitrogen and oxygen atoms in total. The number of likely N-dealkylation sites (N-methyl/N-ethyl adjacent to an activating group) is 1. The van der Waals surface area contributed by atoms with Crippen molar-refractivity contribution in [3.63, 3.8) is 0 Å². The first kappa shape index (κ1) is 15.5. The lowest BCUT2D eigenvalue weighted by atomic mass is 9.92. The molecule has 2 aliphatic heterocycles. The van der Waals surface area contributed by atoms with Gasteiger partial charge < -0.3 is 9.64 Å². The molecular weight excluding hydrogens is 318 g/mol. The first-order chi connectivity index (χ1) is 10.6. The zero-order valence-electron chi connectivity index (χ0n) is 12.5. The van der Waals surface area contributed by atoms with Crippen molar-refractivity contribution in [1.29, 1.82) is 0 Å². The summed E-state index contributed by atoms with van der Waals surface area (Å²) in [6.07, 6.45) is 0.342. The number of ketones is 1. The molecule has 2 saturated heterocycles. The van der Waals surface area contributed by atoms with E-state index in [9.17, 15) is 9.59 Å². The van der Waals surface area contributed by atoms with E-state index >= 15 is 0 Å². The van der Waals surface area contributed by atoms with E-state index in [-0.39, 0.29) is 17.7 Å². The number of rotatable bonds is 2. The number of likely N-dealkylation sites (tertiary alicyclic amines) is 1. The van der Waals surface area contributed by atoms with Gasteiger partial charge in [-0.3, -0.25) is 9.59 Å². The number of ether oxygens (including phenoxy) is 1. The molecule has 22 heavy (non-hydrogen) atoms. The number of benzene rings is 1. The molecule has 1 unspecified atom stereocenters. The second-order valence-corrected chi connectivity index (χ2v) is 7.66. The second-order valence-electron chi connectivity index (χ2n) is 5.19. The van der Waals surface area contributed by atoms with Crippen LogP contribution in [0.25, 0.3) is 0 Å². The van der Waals surface area contributed by atoms with Crippen LogP contribution in [0.15, 0.2) is 34.1 Å². The quantitative estimate of drug-likeness (QED) is 0.614. The summed E-state index contributed by atoms with van der Waals surface area (Å²) in [6, 6.07) is 7.34. The molecule has 2 aliphatic rings. The van der Waals surface area contributed by atoms with E-state index in [1.807, 2.05) is 24.3 Å². The van der Waals surface area contributed by atoms with Gasteiger partial charge in [0.15, 0.2) is 5.78 Å². The van der Waals surface area contributed by atoms with Crippen LogP contribution in [0.5, 0.6) is 5.75 Å². The van der Waals surface area contributed by atoms with E-state index in [0.29, 0.717) is 12.0 Å². The molecule has 6 heteroatoms. The fourth-order valence-electron chi connectivity index (χ4n) is 2.68. The summed E-state index contributed by atoms with van der Waals surface area (Å²) in [5, 5.41) is 0. The molecule has 1 atom stereocenters. The SMILES string of the molecule is COc1ccc(C2CC(=O)C(=C3SCCS3)C(=O)N2C)cc1. The van der Waals surface area contributed by atoms with Crippen molar-refractivity contribution in [3.8, 4) is 5.75 Å². The highest BCUT2D eigenvalue weighted by molar-refractivity contribution is 8.25. The molecule has 0 saturated carbocycles. The van der Waals surface area contributed by atoms with Crippen LogP contribution in [0, 0.1) is 0 Å². The van der Waals surface area contributed by atoms with Gasteiger partial charge in [0, 0.05) is 25.0 Å². The van der Waals surface area contributed by atoms with Gasteiger partial charge in [-0.05, 0) is 17.7 Å². The minimum Gasteiger partial charge on any atom is -0.497 e. The van der Waals surface area contributed by atoms with Gasteiger partial charge in [-0.25, -0.2) is 0 Å². The van der Waals surface area contributed by atoms with E-state index in [2.05, 4.69) is 0 Å². The molecule has 1 aromatic carbocycles. The lowest BCUT2D eigenvalue weighted by Gasteiger charge is -2.33. The zero-order chi connectivity index (χ0) is 15.7. The molecule has 3 rings (SSSR count). The Kier molecular flexibility index (Phi) is 4.49. The van der Waals surface area contributed by atoms with Crippen LogP contribution < -0.4 is 4.74 Å². The van der Waals surface area contributed by atoms with E-state index < -0.39 is 0 Å². The number of thioether (sulfide) groups is 2. The van der Waals surface area contributed by atoms with E-state index in [0.717, 1.165) is 27.1 Å². The summed E-state index contributed by atoms with van der Waals surface area (Å²) in [4.78, 5) is 26.8. The molecule has 0 N–H and O–H groups in total. The van der Waals surface area contributed by atoms with Crippen molar-refractivity contribution in [1.82, 2.24) is 4.90 Å². The number of carbonyl (C=O) groups excluding carboxylic acids is 2. The molecule has 2 fully saturated rings. The standard InChI is InChI=1S/C16H17NO3S2/c1-17-12(10-3-5-11(20-2)6-4-10)9-13(18)14(15(17)19)16-21-7-8-22-16/h3-6,12H,7-9H2,1-2H3. The number of carbonyl (C=O) groups is 2. The van der Waals surface area contributed by atoms with Gasteiger partial charge in [0.2, 0.25) is 0 Å². The highest BCUT2D eigenvalue weighted by atomic mass is 32.2. The van der Waals surface area contributed by atoms with Crippen LogP contribution in [-0.4, -0.2) is 42.3 Å². The van der Waals surface area contributed by atoms with Crippen molar-refractivity contribution in [3.05, 3.63) is 39.6 Å². The number of amides is 1. The molecule has 2 heterocycles. The van der Waals surface area contributed by atoms with Gasteiger partial charge >= 0.3 is 0 Å². The number of piperidine rings is 1. The van der Waals surface area contributed by atoms with Crippen LogP contribution in [0.1, 0.15) is 18.0 Å². The minimum atomic E-state index is -0.202. The molecule has 1 amide bonds. The number of nitrogens with zero attached hydrogens (tertiary/aromatic N) is 1. The topological polar surface area (TPSA) is 46.6 Å². The molecule has 0 aromatic heterocycles. The molecule has 1 aromatic rings. The summed E-state index contributed by atoms with van der Waals surface area (Å²) in [7, 11) is 3.39. The zero-order valence-corrected chi connectivity index (χ0v) is 14.1. The van der Waals surface area contributed by atoms with Crippen LogP contribution in [-0.2, 0) is 9.59 Å². The summed E-state index contributed by atoms with van der Waals surface area (Å²) in [6.45, 7) is 0. The largest absolute Gasteiger partial charge is 0.497 e. The van der Waals surface area contributed by atoms with E-state index in [1.165, 1.54) is 0 Å². The van der Waals surface area contributed by atoms with Crippen molar-refractivity contribution in [2.24, 2.45) is 0 Å². The Morgan fingerprint density at radius 1 is 1.14 bits per heavy atom. The van der Waals surface area contributed by atoms with Gasteiger partial charge in [0.05, 0.1) is 17.4 Å². The molecule has 0 aliphatic carbocycles. The number of methoxy groups -OCH3 is 1. The Morgan fingerprint density at radius 3 is 2.36 bits per heavy atom. The van der Waals surface area contributed by atoms with Gasteiger partial charge in [-0.15, -0.1) is 23.5 Å². The lowest BCUT2D eigenvalue weighted by molar-refractivity contribution is -0.135. The minimum absolute atomic E-state index is 0.0409. The van der Waals surface area contributed by atoms with Crippen LogP contribution in [0.2, 0.25) is 0 Å². The number of Topliss-reactive ketones (excluding diaryl/α,β-unsaturated/α-hetero) is 1. The first-order valence-corrected chi connectivity index (χ1v) is 9.03. The summed E-state index contributed by atoms with van der Waals surface area (Å²) >= 11 is 3.24. The van der Waals surface area contributed by atoms with Crippen molar-refractivity contribution >= 4 is 35.2 Å². The van der Waals surface area contributed by atoms with Crippen molar-refractivity contribution in [2.45, 2.75) is 12.5 Å². The van der Waals surface area contributed by atoms with Crippen molar-refractivity contribution < 1.29 is 14.3 Å².